The number of carbonyl (C=O) groups is 1. The third-order valence-electron chi connectivity index (χ3n) is 3.25. The van der Waals surface area contributed by atoms with Crippen LogP contribution in [0.5, 0.6) is 0 Å². The summed E-state index contributed by atoms with van der Waals surface area (Å²) >= 11 is 0. The van der Waals surface area contributed by atoms with Crippen molar-refractivity contribution in [3.05, 3.63) is 0 Å². The number of rotatable bonds is 2. The van der Waals surface area contributed by atoms with Crippen molar-refractivity contribution in [3.8, 4) is 0 Å². The average Bonchev–Trinajstić information content (AvgIpc) is 2.18. The molecule has 4 heteroatoms. The van der Waals surface area contributed by atoms with Crippen LogP contribution in [0, 0.1) is 5.92 Å². The van der Waals surface area contributed by atoms with Gasteiger partial charge >= 0.3 is 5.97 Å². The van der Waals surface area contributed by atoms with Crippen molar-refractivity contribution in [2.75, 3.05) is 6.61 Å². The Morgan fingerprint density at radius 1 is 1.57 bits per heavy atom. The quantitative estimate of drug-likeness (QED) is 0.617. The SMILES string of the molecule is CCOC(=O)[C@H]1N[C@H]2CC[C@@H]1C(O)C2. The molecule has 1 unspecified atom stereocenters. The van der Waals surface area contributed by atoms with E-state index in [0.29, 0.717) is 12.6 Å². The Bertz CT molecular complexity index is 231. The van der Waals surface area contributed by atoms with Crippen molar-refractivity contribution in [2.24, 2.45) is 5.92 Å². The molecule has 1 aliphatic carbocycles. The molecule has 3 fully saturated rings. The van der Waals surface area contributed by atoms with E-state index in [4.69, 9.17) is 4.74 Å². The first kappa shape index (κ1) is 9.93. The molecular weight excluding hydrogens is 182 g/mol. The lowest BCUT2D eigenvalue weighted by molar-refractivity contribution is -0.153. The molecule has 14 heavy (non-hydrogen) atoms. The van der Waals surface area contributed by atoms with Gasteiger partial charge in [0.2, 0.25) is 0 Å². The number of piperidine rings is 2. The lowest BCUT2D eigenvalue weighted by Crippen LogP contribution is -2.61. The summed E-state index contributed by atoms with van der Waals surface area (Å²) in [5.41, 5.74) is 0. The van der Waals surface area contributed by atoms with Crippen molar-refractivity contribution < 1.29 is 14.6 Å². The van der Waals surface area contributed by atoms with Gasteiger partial charge in [-0.2, -0.15) is 0 Å². The maximum absolute atomic E-state index is 11.5. The van der Waals surface area contributed by atoms with E-state index in [1.54, 1.807) is 6.92 Å². The Morgan fingerprint density at radius 2 is 2.36 bits per heavy atom. The summed E-state index contributed by atoms with van der Waals surface area (Å²) in [6, 6.07) is 0.0156. The molecule has 2 saturated heterocycles. The minimum absolute atomic E-state index is 0.0547. The maximum Gasteiger partial charge on any atom is 0.323 e. The van der Waals surface area contributed by atoms with Crippen molar-refractivity contribution in [3.63, 3.8) is 0 Å². The fraction of sp³-hybridized carbons (Fsp3) is 0.900. The number of hydrogen-bond donors (Lipinski definition) is 2. The van der Waals surface area contributed by atoms with Crippen LogP contribution in [-0.2, 0) is 9.53 Å². The normalized spacial score (nSPS) is 41.0. The number of fused-ring (bicyclic) bond motifs is 3. The second-order valence-electron chi connectivity index (χ2n) is 4.14. The predicted molar refractivity (Wildman–Crippen MR) is 50.7 cm³/mol. The van der Waals surface area contributed by atoms with Crippen molar-refractivity contribution in [2.45, 2.75) is 44.4 Å². The Kier molecular flexibility index (Phi) is 2.74. The van der Waals surface area contributed by atoms with Crippen molar-refractivity contribution in [1.29, 1.82) is 0 Å². The van der Waals surface area contributed by atoms with Gasteiger partial charge in [-0.15, -0.1) is 0 Å². The molecule has 0 spiro atoms. The van der Waals surface area contributed by atoms with Gasteiger partial charge < -0.3 is 15.2 Å². The third kappa shape index (κ3) is 1.64. The number of nitrogens with one attached hydrogen (secondary N) is 1. The molecule has 2 bridgehead atoms. The Labute approximate surface area is 83.6 Å². The van der Waals surface area contributed by atoms with E-state index < -0.39 is 0 Å². The predicted octanol–water partition coefficient (Wildman–Crippen LogP) is 0.0509. The molecule has 0 aromatic rings. The summed E-state index contributed by atoms with van der Waals surface area (Å²) in [5, 5.41) is 13.0. The van der Waals surface area contributed by atoms with Gasteiger partial charge in [0.25, 0.3) is 0 Å². The molecule has 1 saturated carbocycles. The van der Waals surface area contributed by atoms with Crippen LogP contribution >= 0.6 is 0 Å². The molecule has 0 amide bonds. The molecule has 3 aliphatic rings. The molecule has 2 N–H and O–H groups in total. The van der Waals surface area contributed by atoms with Crippen LogP contribution < -0.4 is 5.32 Å². The van der Waals surface area contributed by atoms with Gasteiger partial charge in [0.1, 0.15) is 6.04 Å². The molecule has 0 aromatic heterocycles. The van der Waals surface area contributed by atoms with Crippen LogP contribution in [-0.4, -0.2) is 35.9 Å². The first-order valence-electron chi connectivity index (χ1n) is 5.33. The smallest absolute Gasteiger partial charge is 0.323 e. The fourth-order valence-corrected chi connectivity index (χ4v) is 2.56. The molecular formula is C10H17NO3. The molecule has 0 aromatic carbocycles. The van der Waals surface area contributed by atoms with E-state index in [0.717, 1.165) is 19.3 Å². The highest BCUT2D eigenvalue weighted by Gasteiger charge is 2.44. The molecule has 4 atom stereocenters. The highest BCUT2D eigenvalue weighted by Crippen LogP contribution is 2.33. The van der Waals surface area contributed by atoms with Gasteiger partial charge in [-0.3, -0.25) is 4.79 Å². The van der Waals surface area contributed by atoms with Crippen LogP contribution in [0.3, 0.4) is 0 Å². The van der Waals surface area contributed by atoms with E-state index in [1.165, 1.54) is 0 Å². The van der Waals surface area contributed by atoms with Crippen molar-refractivity contribution >= 4 is 5.97 Å². The highest BCUT2D eigenvalue weighted by molar-refractivity contribution is 5.76. The molecule has 0 radical (unpaired) electrons. The summed E-state index contributed by atoms with van der Waals surface area (Å²) in [6.45, 7) is 2.21. The second kappa shape index (κ2) is 3.87. The van der Waals surface area contributed by atoms with Crippen LogP contribution in [0.15, 0.2) is 0 Å². The molecule has 2 aliphatic heterocycles. The molecule has 80 valence electrons. The van der Waals surface area contributed by atoms with Gasteiger partial charge in [0.05, 0.1) is 12.7 Å². The zero-order valence-corrected chi connectivity index (χ0v) is 8.40. The summed E-state index contributed by atoms with van der Waals surface area (Å²) < 4.78 is 4.97. The topological polar surface area (TPSA) is 58.6 Å². The number of carbonyl (C=O) groups excluding carboxylic acids is 1. The van der Waals surface area contributed by atoms with E-state index in [2.05, 4.69) is 5.32 Å². The average molecular weight is 199 g/mol. The number of ether oxygens (including phenoxy) is 1. The van der Waals surface area contributed by atoms with Crippen LogP contribution in [0.25, 0.3) is 0 Å². The largest absolute Gasteiger partial charge is 0.465 e. The molecule has 2 heterocycles. The van der Waals surface area contributed by atoms with E-state index in [1.807, 2.05) is 0 Å². The number of esters is 1. The van der Waals surface area contributed by atoms with Crippen LogP contribution in [0.4, 0.5) is 0 Å². The first-order chi connectivity index (χ1) is 6.72. The van der Waals surface area contributed by atoms with Crippen molar-refractivity contribution in [1.82, 2.24) is 5.32 Å². The van der Waals surface area contributed by atoms with Gasteiger partial charge in [-0.25, -0.2) is 0 Å². The second-order valence-corrected chi connectivity index (χ2v) is 4.14. The lowest BCUT2D eigenvalue weighted by atomic mass is 9.74. The zero-order valence-electron chi connectivity index (χ0n) is 8.40. The van der Waals surface area contributed by atoms with E-state index >= 15 is 0 Å². The standard InChI is InChI=1S/C10H17NO3/c1-2-14-10(13)9-7-4-3-6(11-9)5-8(7)12/h6-9,11-12H,2-5H2,1H3/t6-,7+,8?,9-/m0/s1. The highest BCUT2D eigenvalue weighted by atomic mass is 16.5. The Hall–Kier alpha value is -0.610. The number of hydrogen-bond acceptors (Lipinski definition) is 4. The Morgan fingerprint density at radius 3 is 2.93 bits per heavy atom. The monoisotopic (exact) mass is 199 g/mol. The van der Waals surface area contributed by atoms with Crippen LogP contribution in [0.2, 0.25) is 0 Å². The summed E-state index contributed by atoms with van der Waals surface area (Å²) in [5.74, 6) is -0.153. The number of aliphatic hydroxyl groups excluding tert-OH is 1. The minimum Gasteiger partial charge on any atom is -0.465 e. The molecule has 4 nitrogen and oxygen atoms in total. The van der Waals surface area contributed by atoms with Gasteiger partial charge in [0, 0.05) is 12.0 Å². The van der Waals surface area contributed by atoms with Gasteiger partial charge in [0.15, 0.2) is 0 Å². The summed E-state index contributed by atoms with van der Waals surface area (Å²) in [4.78, 5) is 11.5. The first-order valence-corrected chi connectivity index (χ1v) is 5.33. The molecule has 3 rings (SSSR count). The van der Waals surface area contributed by atoms with Gasteiger partial charge in [-0.05, 0) is 26.2 Å². The number of aliphatic hydroxyl groups is 1. The van der Waals surface area contributed by atoms with Gasteiger partial charge in [-0.1, -0.05) is 0 Å². The van der Waals surface area contributed by atoms with E-state index in [9.17, 15) is 9.90 Å². The zero-order chi connectivity index (χ0) is 10.1. The Balaban J connectivity index is 2.03. The van der Waals surface area contributed by atoms with E-state index in [-0.39, 0.29) is 24.0 Å². The summed E-state index contributed by atoms with van der Waals surface area (Å²) in [6.07, 6.45) is 2.45. The fourth-order valence-electron chi connectivity index (χ4n) is 2.56. The third-order valence-corrected chi connectivity index (χ3v) is 3.25. The maximum atomic E-state index is 11.5. The van der Waals surface area contributed by atoms with Crippen LogP contribution in [0.1, 0.15) is 26.2 Å². The lowest BCUT2D eigenvalue weighted by Gasteiger charge is -2.45. The summed E-state index contributed by atoms with van der Waals surface area (Å²) in [7, 11) is 0. The minimum atomic E-state index is -0.329.